The van der Waals surface area contributed by atoms with Gasteiger partial charge in [0, 0.05) is 31.0 Å². The Hall–Kier alpha value is -4.68. The van der Waals surface area contributed by atoms with Gasteiger partial charge in [0.15, 0.2) is 5.65 Å². The number of aromatic amines is 1. The molecule has 4 aromatic rings. The summed E-state index contributed by atoms with van der Waals surface area (Å²) in [7, 11) is 0. The molecule has 10 nitrogen and oxygen atoms in total. The molecule has 0 radical (unpaired) electrons. The lowest BCUT2D eigenvalue weighted by atomic mass is 10.1. The number of imidazole rings is 1. The summed E-state index contributed by atoms with van der Waals surface area (Å²) in [5.74, 6) is -0.724. The van der Waals surface area contributed by atoms with Crippen LogP contribution in [0.25, 0.3) is 22.9 Å². The predicted molar refractivity (Wildman–Crippen MR) is 154 cm³/mol. The van der Waals surface area contributed by atoms with E-state index in [2.05, 4.69) is 25.3 Å². The van der Waals surface area contributed by atoms with Gasteiger partial charge < -0.3 is 19.9 Å². The Balaban J connectivity index is 1.76. The van der Waals surface area contributed by atoms with Gasteiger partial charge in [0.25, 0.3) is 0 Å². The number of halogens is 3. The molecule has 3 aromatic heterocycles. The number of pyridine rings is 1. The molecule has 0 fully saturated rings. The number of ether oxygens (including phenoxy) is 1. The van der Waals surface area contributed by atoms with E-state index >= 15 is 0 Å². The summed E-state index contributed by atoms with van der Waals surface area (Å²) in [6.07, 6.45) is -1.68. The first-order valence-corrected chi connectivity index (χ1v) is 13.3. The third kappa shape index (κ3) is 7.33. The zero-order chi connectivity index (χ0) is 30.7. The number of alkyl halides is 3. The van der Waals surface area contributed by atoms with Gasteiger partial charge in [0.2, 0.25) is 5.95 Å². The number of anilines is 2. The standard InChI is InChI=1S/C29H32F3N7O3/c1-6-38(7-2)26-34-17-19(16-29(30,31)32)23(37-26)35-22(25(40)42-28(3,4)5)15-18-10-12-20(13-11-18)39-24-21(36-27(39)41)9-8-14-33-24/h8-15,17H,6-7,16H2,1-5H3,(H,36,41)(H,34,35,37)/b22-15+. The molecule has 0 aliphatic heterocycles. The molecular formula is C29H32F3N7O3. The molecule has 0 spiro atoms. The zero-order valence-corrected chi connectivity index (χ0v) is 23.9. The molecule has 2 N–H and O–H groups in total. The van der Waals surface area contributed by atoms with Crippen LogP contribution in [0.15, 0.2) is 59.3 Å². The average Bonchev–Trinajstić information content (AvgIpc) is 3.24. The van der Waals surface area contributed by atoms with E-state index in [1.807, 2.05) is 13.8 Å². The fourth-order valence-corrected chi connectivity index (χ4v) is 4.18. The number of nitrogens with zero attached hydrogens (tertiary/aromatic N) is 5. The summed E-state index contributed by atoms with van der Waals surface area (Å²) in [6, 6.07) is 10.1. The highest BCUT2D eigenvalue weighted by molar-refractivity contribution is 5.97. The van der Waals surface area contributed by atoms with Gasteiger partial charge in [0.05, 0.1) is 17.6 Å². The Labute approximate surface area is 240 Å². The molecule has 1 aromatic carbocycles. The molecule has 0 aliphatic rings. The van der Waals surface area contributed by atoms with Crippen LogP contribution >= 0.6 is 0 Å². The normalized spacial score (nSPS) is 12.4. The molecule has 3 heterocycles. The fraction of sp³-hybridized carbons (Fsp3) is 0.345. The molecule has 0 saturated heterocycles. The molecule has 4 rings (SSSR count). The number of nitrogens with one attached hydrogen (secondary N) is 2. The fourth-order valence-electron chi connectivity index (χ4n) is 4.18. The molecule has 13 heteroatoms. The number of aromatic nitrogens is 5. The maximum Gasteiger partial charge on any atom is 0.393 e. The predicted octanol–water partition coefficient (Wildman–Crippen LogP) is 5.25. The van der Waals surface area contributed by atoms with Gasteiger partial charge in [0.1, 0.15) is 17.1 Å². The smallest absolute Gasteiger partial charge is 0.393 e. The van der Waals surface area contributed by atoms with Crippen LogP contribution in [-0.4, -0.2) is 55.3 Å². The van der Waals surface area contributed by atoms with Crippen molar-refractivity contribution in [2.24, 2.45) is 0 Å². The van der Waals surface area contributed by atoms with Crippen LogP contribution < -0.4 is 15.9 Å². The Morgan fingerprint density at radius 1 is 1.10 bits per heavy atom. The molecule has 0 saturated carbocycles. The van der Waals surface area contributed by atoms with Gasteiger partial charge in [-0.15, -0.1) is 0 Å². The van der Waals surface area contributed by atoms with E-state index in [0.29, 0.717) is 35.5 Å². The van der Waals surface area contributed by atoms with E-state index in [4.69, 9.17) is 4.74 Å². The number of hydrogen-bond acceptors (Lipinski definition) is 8. The Morgan fingerprint density at radius 3 is 2.40 bits per heavy atom. The van der Waals surface area contributed by atoms with Crippen LogP contribution in [0.4, 0.5) is 24.9 Å². The summed E-state index contributed by atoms with van der Waals surface area (Å²) in [5.41, 5.74) is 0.472. The van der Waals surface area contributed by atoms with E-state index in [1.165, 1.54) is 10.6 Å². The highest BCUT2D eigenvalue weighted by Crippen LogP contribution is 2.28. The van der Waals surface area contributed by atoms with Crippen LogP contribution in [0.1, 0.15) is 45.7 Å². The summed E-state index contributed by atoms with van der Waals surface area (Å²) in [5, 5.41) is 2.80. The molecule has 0 amide bonds. The second kappa shape index (κ2) is 12.0. The van der Waals surface area contributed by atoms with Gasteiger partial charge in [-0.25, -0.2) is 24.1 Å². The third-order valence-electron chi connectivity index (χ3n) is 6.07. The average molecular weight is 584 g/mol. The van der Waals surface area contributed by atoms with Crippen LogP contribution in [0.2, 0.25) is 0 Å². The van der Waals surface area contributed by atoms with Gasteiger partial charge in [-0.1, -0.05) is 12.1 Å². The van der Waals surface area contributed by atoms with Gasteiger partial charge in [-0.05, 0) is 70.5 Å². The van der Waals surface area contributed by atoms with Crippen molar-refractivity contribution < 1.29 is 22.7 Å². The topological polar surface area (TPSA) is 118 Å². The van der Waals surface area contributed by atoms with E-state index in [0.717, 1.165) is 6.20 Å². The summed E-state index contributed by atoms with van der Waals surface area (Å²) in [4.78, 5) is 43.1. The monoisotopic (exact) mass is 583 g/mol. The summed E-state index contributed by atoms with van der Waals surface area (Å²) in [6.45, 7) is 9.86. The number of benzene rings is 1. The van der Waals surface area contributed by atoms with Gasteiger partial charge in [-0.2, -0.15) is 18.2 Å². The van der Waals surface area contributed by atoms with Crippen LogP contribution in [0.3, 0.4) is 0 Å². The van der Waals surface area contributed by atoms with Crippen molar-refractivity contribution in [3.63, 3.8) is 0 Å². The van der Waals surface area contributed by atoms with Crippen molar-refractivity contribution in [2.45, 2.75) is 52.8 Å². The lowest BCUT2D eigenvalue weighted by Gasteiger charge is -2.23. The molecule has 0 atom stereocenters. The Bertz CT molecular complexity index is 1650. The van der Waals surface area contributed by atoms with Crippen LogP contribution in [0, 0.1) is 0 Å². The van der Waals surface area contributed by atoms with Gasteiger partial charge >= 0.3 is 17.8 Å². The number of carbonyl (C=O) groups is 1. The van der Waals surface area contributed by atoms with E-state index < -0.39 is 24.2 Å². The number of H-pyrrole nitrogens is 1. The van der Waals surface area contributed by atoms with Crippen molar-refractivity contribution >= 4 is 35.0 Å². The number of carbonyl (C=O) groups excluding carboxylic acids is 1. The number of rotatable bonds is 9. The van der Waals surface area contributed by atoms with Crippen LogP contribution in [-0.2, 0) is 16.0 Å². The van der Waals surface area contributed by atoms with Gasteiger partial charge in [-0.3, -0.25) is 0 Å². The highest BCUT2D eigenvalue weighted by Gasteiger charge is 2.31. The zero-order valence-electron chi connectivity index (χ0n) is 23.9. The van der Waals surface area contributed by atoms with Crippen molar-refractivity contribution in [2.75, 3.05) is 23.3 Å². The lowest BCUT2D eigenvalue weighted by Crippen LogP contribution is -2.28. The molecule has 0 bridgehead atoms. The van der Waals surface area contributed by atoms with Crippen molar-refractivity contribution in [1.82, 2.24) is 24.5 Å². The quantitative estimate of drug-likeness (QED) is 0.203. The van der Waals surface area contributed by atoms with Crippen molar-refractivity contribution in [3.05, 3.63) is 76.1 Å². The van der Waals surface area contributed by atoms with E-state index in [-0.39, 0.29) is 28.7 Å². The minimum absolute atomic E-state index is 0.128. The van der Waals surface area contributed by atoms with E-state index in [9.17, 15) is 22.8 Å². The second-order valence-corrected chi connectivity index (χ2v) is 10.4. The maximum atomic E-state index is 13.4. The lowest BCUT2D eigenvalue weighted by molar-refractivity contribution is -0.149. The first-order chi connectivity index (χ1) is 19.8. The molecule has 0 aliphatic carbocycles. The Kier molecular flexibility index (Phi) is 8.69. The molecule has 42 heavy (non-hydrogen) atoms. The van der Waals surface area contributed by atoms with Crippen molar-refractivity contribution in [1.29, 1.82) is 0 Å². The molecular weight excluding hydrogens is 551 g/mol. The largest absolute Gasteiger partial charge is 0.455 e. The Morgan fingerprint density at radius 2 is 1.79 bits per heavy atom. The first kappa shape index (κ1) is 30.3. The van der Waals surface area contributed by atoms with Crippen molar-refractivity contribution in [3.8, 4) is 5.69 Å². The maximum absolute atomic E-state index is 13.4. The number of esters is 1. The highest BCUT2D eigenvalue weighted by atomic mass is 19.4. The number of hydrogen-bond donors (Lipinski definition) is 2. The second-order valence-electron chi connectivity index (χ2n) is 10.4. The third-order valence-corrected chi connectivity index (χ3v) is 6.07. The molecule has 0 unspecified atom stereocenters. The number of fused-ring (bicyclic) bond motifs is 1. The van der Waals surface area contributed by atoms with E-state index in [1.54, 1.807) is 68.3 Å². The summed E-state index contributed by atoms with van der Waals surface area (Å²) < 4.78 is 47.2. The first-order valence-electron chi connectivity index (χ1n) is 13.3. The SMILES string of the molecule is CCN(CC)c1ncc(CC(F)(F)F)c(N/C(=C/c2ccc(-n3c(=O)[nH]c4cccnc43)cc2)C(=O)OC(C)(C)C)n1. The molecule has 222 valence electrons. The minimum Gasteiger partial charge on any atom is -0.455 e. The summed E-state index contributed by atoms with van der Waals surface area (Å²) >= 11 is 0. The van der Waals surface area contributed by atoms with Crippen LogP contribution in [0.5, 0.6) is 0 Å². The minimum atomic E-state index is -4.53.